The number of nitro groups is 1. The van der Waals surface area contributed by atoms with Gasteiger partial charge < -0.3 is 10.2 Å². The Kier molecular flexibility index (Phi) is 6.52. The normalized spacial score (nSPS) is 10.5. The third-order valence-corrected chi connectivity index (χ3v) is 5.12. The second kappa shape index (κ2) is 9.84. The van der Waals surface area contributed by atoms with E-state index in [-0.39, 0.29) is 23.9 Å². The van der Waals surface area contributed by atoms with Crippen LogP contribution in [0.15, 0.2) is 85.3 Å². The molecule has 9 heteroatoms. The molecule has 0 saturated carbocycles. The third-order valence-electron chi connectivity index (χ3n) is 4.75. The highest BCUT2D eigenvalue weighted by Crippen LogP contribution is 2.36. The van der Waals surface area contributed by atoms with Gasteiger partial charge in [-0.25, -0.2) is 15.0 Å². The molecule has 0 amide bonds. The SMILES string of the molecule is O=[N+]([O-])c1c(NCc2ccccc2Cl)ncnc1N(Cc1ccccc1)c1ccccn1. The maximum atomic E-state index is 12.1. The van der Waals surface area contributed by atoms with E-state index in [0.29, 0.717) is 17.4 Å². The highest BCUT2D eigenvalue weighted by molar-refractivity contribution is 6.31. The van der Waals surface area contributed by atoms with E-state index in [4.69, 9.17) is 11.6 Å². The molecule has 0 atom stereocenters. The van der Waals surface area contributed by atoms with Gasteiger partial charge in [0, 0.05) is 17.8 Å². The van der Waals surface area contributed by atoms with Crippen molar-refractivity contribution >= 4 is 34.7 Å². The summed E-state index contributed by atoms with van der Waals surface area (Å²) in [6.07, 6.45) is 2.94. The fraction of sp³-hybridized carbons (Fsp3) is 0.0870. The Morgan fingerprint density at radius 2 is 1.69 bits per heavy atom. The second-order valence-corrected chi connectivity index (χ2v) is 7.26. The van der Waals surface area contributed by atoms with Crippen molar-refractivity contribution in [3.8, 4) is 0 Å². The number of benzene rings is 2. The van der Waals surface area contributed by atoms with Crippen LogP contribution in [0.1, 0.15) is 11.1 Å². The predicted molar refractivity (Wildman–Crippen MR) is 124 cm³/mol. The first-order chi connectivity index (χ1) is 15.6. The number of anilines is 3. The fourth-order valence-corrected chi connectivity index (χ4v) is 3.43. The Morgan fingerprint density at radius 1 is 0.938 bits per heavy atom. The van der Waals surface area contributed by atoms with Crippen LogP contribution in [0.3, 0.4) is 0 Å². The lowest BCUT2D eigenvalue weighted by atomic mass is 10.2. The van der Waals surface area contributed by atoms with Crippen LogP contribution >= 0.6 is 11.6 Å². The van der Waals surface area contributed by atoms with Gasteiger partial charge in [0.05, 0.1) is 11.5 Å². The zero-order chi connectivity index (χ0) is 22.3. The van der Waals surface area contributed by atoms with E-state index in [2.05, 4.69) is 20.3 Å². The molecular formula is C23H19ClN6O2. The molecule has 0 unspecified atom stereocenters. The van der Waals surface area contributed by atoms with Crippen molar-refractivity contribution in [2.75, 3.05) is 10.2 Å². The quantitative estimate of drug-likeness (QED) is 0.286. The van der Waals surface area contributed by atoms with E-state index >= 15 is 0 Å². The smallest absolute Gasteiger partial charge is 0.353 e. The monoisotopic (exact) mass is 446 g/mol. The molecule has 0 aliphatic heterocycles. The van der Waals surface area contributed by atoms with E-state index in [0.717, 1.165) is 11.1 Å². The minimum absolute atomic E-state index is 0.105. The topological polar surface area (TPSA) is 97.1 Å². The number of rotatable bonds is 8. The number of pyridine rings is 1. The number of aromatic nitrogens is 3. The average molecular weight is 447 g/mol. The Labute approximate surface area is 189 Å². The summed E-state index contributed by atoms with van der Waals surface area (Å²) in [5.41, 5.74) is 1.52. The minimum Gasteiger partial charge on any atom is -0.360 e. The molecule has 4 rings (SSSR count). The van der Waals surface area contributed by atoms with Crippen LogP contribution in [0.4, 0.5) is 23.1 Å². The minimum atomic E-state index is -0.481. The molecular weight excluding hydrogens is 428 g/mol. The summed E-state index contributed by atoms with van der Waals surface area (Å²) < 4.78 is 0. The highest BCUT2D eigenvalue weighted by Gasteiger charge is 2.28. The van der Waals surface area contributed by atoms with Gasteiger partial charge in [0.2, 0.25) is 11.6 Å². The van der Waals surface area contributed by atoms with Gasteiger partial charge in [-0.15, -0.1) is 0 Å². The van der Waals surface area contributed by atoms with E-state index in [1.54, 1.807) is 29.3 Å². The lowest BCUT2D eigenvalue weighted by Gasteiger charge is -2.23. The molecule has 0 saturated heterocycles. The van der Waals surface area contributed by atoms with Gasteiger partial charge in [-0.3, -0.25) is 10.1 Å². The highest BCUT2D eigenvalue weighted by atomic mass is 35.5. The molecule has 4 aromatic rings. The number of hydrogen-bond donors (Lipinski definition) is 1. The van der Waals surface area contributed by atoms with Crippen LogP contribution in [0.5, 0.6) is 0 Å². The van der Waals surface area contributed by atoms with Gasteiger partial charge in [-0.2, -0.15) is 0 Å². The van der Waals surface area contributed by atoms with Crippen LogP contribution < -0.4 is 10.2 Å². The molecule has 8 nitrogen and oxygen atoms in total. The number of halogens is 1. The fourth-order valence-electron chi connectivity index (χ4n) is 3.23. The van der Waals surface area contributed by atoms with Gasteiger partial charge in [0.25, 0.3) is 0 Å². The van der Waals surface area contributed by atoms with E-state index in [1.165, 1.54) is 6.33 Å². The van der Waals surface area contributed by atoms with Crippen molar-refractivity contribution in [3.63, 3.8) is 0 Å². The largest absolute Gasteiger partial charge is 0.360 e. The molecule has 2 heterocycles. The van der Waals surface area contributed by atoms with Gasteiger partial charge >= 0.3 is 5.69 Å². The Hall–Kier alpha value is -4.04. The Balaban J connectivity index is 1.74. The Morgan fingerprint density at radius 3 is 2.41 bits per heavy atom. The van der Waals surface area contributed by atoms with Gasteiger partial charge in [0.1, 0.15) is 12.1 Å². The summed E-state index contributed by atoms with van der Waals surface area (Å²) in [5, 5.41) is 15.7. The maximum Gasteiger partial charge on any atom is 0.353 e. The molecule has 2 aromatic heterocycles. The molecule has 0 spiro atoms. The van der Waals surface area contributed by atoms with Gasteiger partial charge in [0.15, 0.2) is 0 Å². The molecule has 2 aromatic carbocycles. The van der Waals surface area contributed by atoms with E-state index in [9.17, 15) is 10.1 Å². The van der Waals surface area contributed by atoms with Gasteiger partial charge in [-0.05, 0) is 29.3 Å². The maximum absolute atomic E-state index is 12.1. The van der Waals surface area contributed by atoms with Crippen molar-refractivity contribution in [3.05, 3.63) is 112 Å². The van der Waals surface area contributed by atoms with Crippen LogP contribution in [-0.2, 0) is 13.1 Å². The van der Waals surface area contributed by atoms with Crippen LogP contribution in [0.2, 0.25) is 5.02 Å². The van der Waals surface area contributed by atoms with Gasteiger partial charge in [-0.1, -0.05) is 66.2 Å². The molecule has 0 aliphatic carbocycles. The molecule has 32 heavy (non-hydrogen) atoms. The molecule has 0 radical (unpaired) electrons. The number of nitrogens with zero attached hydrogens (tertiary/aromatic N) is 5. The first kappa shape index (κ1) is 21.2. The molecule has 0 aliphatic rings. The molecule has 1 N–H and O–H groups in total. The zero-order valence-electron chi connectivity index (χ0n) is 16.9. The number of hydrogen-bond acceptors (Lipinski definition) is 7. The Bertz CT molecular complexity index is 1210. The van der Waals surface area contributed by atoms with Crippen LogP contribution in [0, 0.1) is 10.1 Å². The summed E-state index contributed by atoms with van der Waals surface area (Å²) in [4.78, 5) is 26.1. The van der Waals surface area contributed by atoms with Crippen molar-refractivity contribution in [2.45, 2.75) is 13.1 Å². The summed E-state index contributed by atoms with van der Waals surface area (Å²) in [7, 11) is 0. The van der Waals surface area contributed by atoms with Crippen molar-refractivity contribution < 1.29 is 4.92 Å². The average Bonchev–Trinajstić information content (AvgIpc) is 2.83. The van der Waals surface area contributed by atoms with E-state index in [1.807, 2.05) is 54.6 Å². The standard InChI is InChI=1S/C23H19ClN6O2/c24-19-11-5-4-10-18(19)14-26-22-21(30(31)32)23(28-16-27-22)29(20-12-6-7-13-25-20)15-17-8-2-1-3-9-17/h1-13,16H,14-15H2,(H,26,27,28). The summed E-state index contributed by atoms with van der Waals surface area (Å²) in [5.74, 6) is 0.790. The predicted octanol–water partition coefficient (Wildman–Crippen LogP) is 5.38. The number of nitrogens with one attached hydrogen (secondary N) is 1. The van der Waals surface area contributed by atoms with E-state index < -0.39 is 4.92 Å². The summed E-state index contributed by atoms with van der Waals surface area (Å²) in [6.45, 7) is 0.624. The summed E-state index contributed by atoms with van der Waals surface area (Å²) in [6, 6.07) is 22.3. The van der Waals surface area contributed by atoms with Crippen LogP contribution in [-0.4, -0.2) is 19.9 Å². The summed E-state index contributed by atoms with van der Waals surface area (Å²) >= 11 is 6.22. The molecule has 160 valence electrons. The van der Waals surface area contributed by atoms with Crippen LogP contribution in [0.25, 0.3) is 0 Å². The second-order valence-electron chi connectivity index (χ2n) is 6.86. The lowest BCUT2D eigenvalue weighted by Crippen LogP contribution is -2.21. The first-order valence-electron chi connectivity index (χ1n) is 9.82. The van der Waals surface area contributed by atoms with Crippen molar-refractivity contribution in [1.82, 2.24) is 15.0 Å². The lowest BCUT2D eigenvalue weighted by molar-refractivity contribution is -0.383. The third kappa shape index (κ3) is 4.81. The first-order valence-corrected chi connectivity index (χ1v) is 10.2. The zero-order valence-corrected chi connectivity index (χ0v) is 17.7. The molecule has 0 bridgehead atoms. The van der Waals surface area contributed by atoms with Crippen molar-refractivity contribution in [2.24, 2.45) is 0 Å². The molecule has 0 fully saturated rings. The van der Waals surface area contributed by atoms with Crippen molar-refractivity contribution in [1.29, 1.82) is 0 Å².